The molecule has 2 heterocycles. The lowest BCUT2D eigenvalue weighted by Crippen LogP contribution is -2.49. The summed E-state index contributed by atoms with van der Waals surface area (Å²) in [7, 11) is 1.62. The number of amides is 1. The van der Waals surface area contributed by atoms with Crippen molar-refractivity contribution in [1.29, 1.82) is 0 Å². The predicted octanol–water partition coefficient (Wildman–Crippen LogP) is 2.25. The van der Waals surface area contributed by atoms with E-state index in [0.29, 0.717) is 23.7 Å². The van der Waals surface area contributed by atoms with Crippen molar-refractivity contribution in [2.75, 3.05) is 20.2 Å². The summed E-state index contributed by atoms with van der Waals surface area (Å²) in [4.78, 5) is 14.6. The second-order valence-corrected chi connectivity index (χ2v) is 6.61. The highest BCUT2D eigenvalue weighted by molar-refractivity contribution is 7.71. The van der Waals surface area contributed by atoms with Gasteiger partial charge in [0.1, 0.15) is 12.3 Å². The van der Waals surface area contributed by atoms with E-state index < -0.39 is 0 Å². The predicted molar refractivity (Wildman–Crippen MR) is 96.0 cm³/mol. The molecular weight excluding hydrogens is 340 g/mol. The van der Waals surface area contributed by atoms with Gasteiger partial charge in [-0.1, -0.05) is 0 Å². The first-order valence-electron chi connectivity index (χ1n) is 8.20. The third-order valence-corrected chi connectivity index (χ3v) is 4.48. The fraction of sp³-hybridized carbons (Fsp3) is 0.471. The van der Waals surface area contributed by atoms with Gasteiger partial charge in [-0.05, 0) is 50.3 Å². The van der Waals surface area contributed by atoms with Crippen LogP contribution in [-0.4, -0.2) is 58.0 Å². The van der Waals surface area contributed by atoms with Crippen LogP contribution in [0.25, 0.3) is 11.4 Å². The number of nitrogens with zero attached hydrogens (tertiary/aromatic N) is 3. The first-order chi connectivity index (χ1) is 12.0. The molecule has 0 spiro atoms. The molecule has 1 aliphatic heterocycles. The minimum Gasteiger partial charge on any atom is -0.497 e. The fourth-order valence-electron chi connectivity index (χ4n) is 3.04. The van der Waals surface area contributed by atoms with Gasteiger partial charge in [0, 0.05) is 18.7 Å². The Balaban J connectivity index is 1.81. The summed E-state index contributed by atoms with van der Waals surface area (Å²) in [6.07, 6.45) is 0.0668. The molecule has 0 aliphatic carbocycles. The largest absolute Gasteiger partial charge is 0.497 e. The number of ether oxygens (including phenoxy) is 2. The third kappa shape index (κ3) is 3.91. The number of H-pyrrole nitrogens is 1. The van der Waals surface area contributed by atoms with Gasteiger partial charge in [-0.3, -0.25) is 14.5 Å². The van der Waals surface area contributed by atoms with E-state index in [9.17, 15) is 4.79 Å². The SMILES string of the molecule is COc1ccc(-c2n[nH]c(=S)n2CC(=O)N2CC(C)OC(C)C2)cc1. The fourth-order valence-corrected chi connectivity index (χ4v) is 3.24. The van der Waals surface area contributed by atoms with Crippen LogP contribution < -0.4 is 4.74 Å². The third-order valence-electron chi connectivity index (χ3n) is 4.17. The molecule has 0 radical (unpaired) electrons. The van der Waals surface area contributed by atoms with Crippen LogP contribution >= 0.6 is 12.2 Å². The van der Waals surface area contributed by atoms with Crippen molar-refractivity contribution >= 4 is 18.1 Å². The lowest BCUT2D eigenvalue weighted by molar-refractivity contribution is -0.143. The number of carbonyl (C=O) groups excluding carboxylic acids is 1. The minimum absolute atomic E-state index is 0.00858. The van der Waals surface area contributed by atoms with Crippen molar-refractivity contribution in [3.63, 3.8) is 0 Å². The van der Waals surface area contributed by atoms with Gasteiger partial charge in [0.2, 0.25) is 5.91 Å². The molecular formula is C17H22N4O3S. The quantitative estimate of drug-likeness (QED) is 0.845. The molecule has 2 aromatic rings. The van der Waals surface area contributed by atoms with Crippen LogP contribution in [0.4, 0.5) is 0 Å². The number of rotatable bonds is 4. The average Bonchev–Trinajstić information content (AvgIpc) is 2.95. The molecule has 134 valence electrons. The molecule has 1 amide bonds. The lowest BCUT2D eigenvalue weighted by atomic mass is 10.2. The van der Waals surface area contributed by atoms with E-state index in [2.05, 4.69) is 10.2 Å². The molecule has 0 bridgehead atoms. The Morgan fingerprint density at radius 3 is 2.56 bits per heavy atom. The molecule has 2 unspecified atom stereocenters. The number of benzene rings is 1. The molecule has 7 nitrogen and oxygen atoms in total. The molecule has 1 aromatic carbocycles. The maximum absolute atomic E-state index is 12.7. The number of methoxy groups -OCH3 is 1. The smallest absolute Gasteiger partial charge is 0.242 e. The zero-order chi connectivity index (χ0) is 18.0. The zero-order valence-corrected chi connectivity index (χ0v) is 15.4. The number of morpholine rings is 1. The molecule has 3 rings (SSSR count). The van der Waals surface area contributed by atoms with Crippen molar-refractivity contribution in [2.24, 2.45) is 0 Å². The van der Waals surface area contributed by atoms with E-state index in [-0.39, 0.29) is 24.7 Å². The Bertz CT molecular complexity index is 789. The van der Waals surface area contributed by atoms with Gasteiger partial charge in [-0.25, -0.2) is 0 Å². The summed E-state index contributed by atoms with van der Waals surface area (Å²) in [6.45, 7) is 5.28. The second kappa shape index (κ2) is 7.37. The highest BCUT2D eigenvalue weighted by atomic mass is 32.1. The molecule has 2 atom stereocenters. The van der Waals surface area contributed by atoms with Gasteiger partial charge in [-0.15, -0.1) is 0 Å². The molecule has 1 saturated heterocycles. The average molecular weight is 362 g/mol. The van der Waals surface area contributed by atoms with E-state index in [0.717, 1.165) is 11.3 Å². The van der Waals surface area contributed by atoms with Crippen LogP contribution in [0.3, 0.4) is 0 Å². The second-order valence-electron chi connectivity index (χ2n) is 6.22. The Hall–Kier alpha value is -2.19. The van der Waals surface area contributed by atoms with E-state index in [1.165, 1.54) is 0 Å². The standard InChI is InChI=1S/C17H22N4O3S/c1-11-8-20(9-12(2)24-11)15(22)10-21-16(18-19-17(21)25)13-4-6-14(23-3)7-5-13/h4-7,11-12H,8-10H2,1-3H3,(H,19,25). The van der Waals surface area contributed by atoms with Crippen LogP contribution in [0.1, 0.15) is 13.8 Å². The molecule has 1 N–H and O–H groups in total. The van der Waals surface area contributed by atoms with Gasteiger partial charge in [-0.2, -0.15) is 5.10 Å². The highest BCUT2D eigenvalue weighted by Crippen LogP contribution is 2.21. The van der Waals surface area contributed by atoms with Crippen molar-refractivity contribution in [3.05, 3.63) is 29.0 Å². The van der Waals surface area contributed by atoms with E-state index in [1.54, 1.807) is 11.7 Å². The van der Waals surface area contributed by atoms with E-state index >= 15 is 0 Å². The monoisotopic (exact) mass is 362 g/mol. The summed E-state index contributed by atoms with van der Waals surface area (Å²) in [5, 5.41) is 7.06. The number of carbonyl (C=O) groups is 1. The van der Waals surface area contributed by atoms with Crippen LogP contribution in [0.5, 0.6) is 5.75 Å². The van der Waals surface area contributed by atoms with Crippen LogP contribution in [0.15, 0.2) is 24.3 Å². The van der Waals surface area contributed by atoms with Gasteiger partial charge in [0.25, 0.3) is 0 Å². The summed E-state index contributed by atoms with van der Waals surface area (Å²) in [5.41, 5.74) is 0.865. The van der Waals surface area contributed by atoms with Crippen molar-refractivity contribution < 1.29 is 14.3 Å². The Morgan fingerprint density at radius 2 is 1.96 bits per heavy atom. The van der Waals surface area contributed by atoms with Crippen molar-refractivity contribution in [1.82, 2.24) is 19.7 Å². The van der Waals surface area contributed by atoms with Gasteiger partial charge in [0.05, 0.1) is 19.3 Å². The first kappa shape index (κ1) is 17.6. The Labute approximate surface area is 151 Å². The summed E-state index contributed by atoms with van der Waals surface area (Å²) in [6, 6.07) is 7.49. The van der Waals surface area contributed by atoms with E-state index in [1.807, 2.05) is 43.0 Å². The number of hydrogen-bond acceptors (Lipinski definition) is 5. The van der Waals surface area contributed by atoms with E-state index in [4.69, 9.17) is 21.7 Å². The molecule has 0 saturated carbocycles. The number of hydrogen-bond donors (Lipinski definition) is 1. The zero-order valence-electron chi connectivity index (χ0n) is 14.6. The van der Waals surface area contributed by atoms with Crippen LogP contribution in [0.2, 0.25) is 0 Å². The van der Waals surface area contributed by atoms with Gasteiger partial charge < -0.3 is 14.4 Å². The van der Waals surface area contributed by atoms with Crippen LogP contribution in [0, 0.1) is 4.77 Å². The number of nitrogens with one attached hydrogen (secondary N) is 1. The van der Waals surface area contributed by atoms with Gasteiger partial charge >= 0.3 is 0 Å². The lowest BCUT2D eigenvalue weighted by Gasteiger charge is -2.35. The number of aromatic nitrogens is 3. The minimum atomic E-state index is 0.00858. The number of aromatic amines is 1. The Kier molecular flexibility index (Phi) is 5.19. The molecule has 1 aromatic heterocycles. The molecule has 8 heteroatoms. The Morgan fingerprint density at radius 1 is 1.32 bits per heavy atom. The molecule has 1 aliphatic rings. The van der Waals surface area contributed by atoms with Crippen molar-refractivity contribution in [3.8, 4) is 17.1 Å². The summed E-state index contributed by atoms with van der Waals surface area (Å²) in [5.74, 6) is 1.40. The van der Waals surface area contributed by atoms with Crippen molar-refractivity contribution in [2.45, 2.75) is 32.6 Å². The topological polar surface area (TPSA) is 72.4 Å². The maximum atomic E-state index is 12.7. The highest BCUT2D eigenvalue weighted by Gasteiger charge is 2.26. The maximum Gasteiger partial charge on any atom is 0.242 e. The summed E-state index contributed by atoms with van der Waals surface area (Å²) < 4.78 is 13.0. The van der Waals surface area contributed by atoms with Gasteiger partial charge in [0.15, 0.2) is 10.6 Å². The molecule has 1 fully saturated rings. The first-order valence-corrected chi connectivity index (χ1v) is 8.61. The summed E-state index contributed by atoms with van der Waals surface area (Å²) >= 11 is 5.31. The normalized spacial score (nSPS) is 20.5. The van der Waals surface area contributed by atoms with Crippen LogP contribution in [-0.2, 0) is 16.1 Å². The molecule has 25 heavy (non-hydrogen) atoms.